The molecule has 0 spiro atoms. The summed E-state index contributed by atoms with van der Waals surface area (Å²) in [7, 11) is 0. The van der Waals surface area contributed by atoms with Crippen LogP contribution in [-0.4, -0.2) is 27.7 Å². The quantitative estimate of drug-likeness (QED) is 0.771. The predicted octanol–water partition coefficient (Wildman–Crippen LogP) is 3.63. The summed E-state index contributed by atoms with van der Waals surface area (Å²) in [5, 5.41) is 22.2. The maximum Gasteiger partial charge on any atom is 0.155 e. The lowest BCUT2D eigenvalue weighted by molar-refractivity contribution is -0.195. The number of carbonyl (C=O) groups excluding carboxylic acids is 1. The van der Waals surface area contributed by atoms with Gasteiger partial charge in [0.15, 0.2) is 5.78 Å². The third-order valence-corrected chi connectivity index (χ3v) is 8.80. The van der Waals surface area contributed by atoms with E-state index in [0.717, 1.165) is 44.9 Å². The molecule has 3 heteroatoms. The maximum absolute atomic E-state index is 11.9. The van der Waals surface area contributed by atoms with Crippen LogP contribution in [0.15, 0.2) is 11.6 Å². The van der Waals surface area contributed by atoms with E-state index in [1.54, 1.807) is 0 Å². The van der Waals surface area contributed by atoms with E-state index in [-0.39, 0.29) is 22.7 Å². The zero-order chi connectivity index (χ0) is 17.3. The fourth-order valence-electron chi connectivity index (χ4n) is 7.33. The van der Waals surface area contributed by atoms with E-state index >= 15 is 0 Å². The average Bonchev–Trinajstić information content (AvgIpc) is 2.87. The van der Waals surface area contributed by atoms with E-state index in [4.69, 9.17) is 0 Å². The van der Waals surface area contributed by atoms with Crippen molar-refractivity contribution in [1.29, 1.82) is 0 Å². The first-order valence-corrected chi connectivity index (χ1v) is 9.87. The van der Waals surface area contributed by atoms with Crippen molar-refractivity contribution in [2.75, 3.05) is 0 Å². The van der Waals surface area contributed by atoms with Gasteiger partial charge in [-0.2, -0.15) is 0 Å². The Hall–Kier alpha value is -0.670. The third-order valence-electron chi connectivity index (χ3n) is 8.80. The lowest BCUT2D eigenvalue weighted by Gasteiger charge is -2.63. The zero-order valence-electron chi connectivity index (χ0n) is 15.3. The molecule has 0 radical (unpaired) electrons. The van der Waals surface area contributed by atoms with Gasteiger partial charge in [0, 0.05) is 11.8 Å². The van der Waals surface area contributed by atoms with Crippen LogP contribution in [0.25, 0.3) is 0 Å². The molecule has 0 aromatic heterocycles. The lowest BCUT2D eigenvalue weighted by atomic mass is 9.44. The van der Waals surface area contributed by atoms with Crippen molar-refractivity contribution in [3.05, 3.63) is 11.6 Å². The SMILES string of the molecule is C[C@@H](O)[C@H]1CC[C@H]2[C@@H]3CCC4=CC(=O)CC[C@]4(C)[C@@]3(O)CC[C@]12C. The summed E-state index contributed by atoms with van der Waals surface area (Å²) in [6, 6.07) is 0. The number of aliphatic hydroxyl groups is 2. The predicted molar refractivity (Wildman–Crippen MR) is 93.3 cm³/mol. The molecule has 134 valence electrons. The van der Waals surface area contributed by atoms with Crippen molar-refractivity contribution in [2.45, 2.75) is 83.8 Å². The molecule has 0 unspecified atom stereocenters. The van der Waals surface area contributed by atoms with Crippen LogP contribution in [0, 0.1) is 28.6 Å². The highest BCUT2D eigenvalue weighted by atomic mass is 16.3. The normalized spacial score (nSPS) is 52.1. The van der Waals surface area contributed by atoms with Crippen LogP contribution in [0.5, 0.6) is 0 Å². The topological polar surface area (TPSA) is 57.5 Å². The van der Waals surface area contributed by atoms with Crippen LogP contribution in [0.3, 0.4) is 0 Å². The fraction of sp³-hybridized carbons (Fsp3) is 0.857. The van der Waals surface area contributed by atoms with E-state index in [2.05, 4.69) is 13.8 Å². The molecule has 7 atom stereocenters. The number of hydrogen-bond donors (Lipinski definition) is 2. The summed E-state index contributed by atoms with van der Waals surface area (Å²) in [5.74, 6) is 1.42. The second-order valence-corrected chi connectivity index (χ2v) is 9.57. The van der Waals surface area contributed by atoms with Gasteiger partial charge < -0.3 is 10.2 Å². The highest BCUT2D eigenvalue weighted by Gasteiger charge is 2.65. The number of hydrogen-bond acceptors (Lipinski definition) is 3. The first-order chi connectivity index (χ1) is 11.2. The van der Waals surface area contributed by atoms with Gasteiger partial charge in [-0.25, -0.2) is 0 Å². The van der Waals surface area contributed by atoms with Crippen molar-refractivity contribution in [2.24, 2.45) is 28.6 Å². The van der Waals surface area contributed by atoms with Gasteiger partial charge in [-0.05, 0) is 81.1 Å². The van der Waals surface area contributed by atoms with Crippen LogP contribution < -0.4 is 0 Å². The Labute approximate surface area is 145 Å². The summed E-state index contributed by atoms with van der Waals surface area (Å²) >= 11 is 0. The minimum absolute atomic E-state index is 0.160. The van der Waals surface area contributed by atoms with Gasteiger partial charge >= 0.3 is 0 Å². The fourth-order valence-corrected chi connectivity index (χ4v) is 7.33. The second kappa shape index (κ2) is 5.17. The van der Waals surface area contributed by atoms with Gasteiger partial charge in [-0.15, -0.1) is 0 Å². The Balaban J connectivity index is 1.72. The van der Waals surface area contributed by atoms with Gasteiger partial charge in [0.2, 0.25) is 0 Å². The zero-order valence-corrected chi connectivity index (χ0v) is 15.3. The Bertz CT molecular complexity index is 594. The Morgan fingerprint density at radius 2 is 1.83 bits per heavy atom. The first-order valence-electron chi connectivity index (χ1n) is 9.87. The molecule has 3 saturated carbocycles. The molecular formula is C21H32O3. The monoisotopic (exact) mass is 332 g/mol. The minimum Gasteiger partial charge on any atom is -0.393 e. The first kappa shape index (κ1) is 16.8. The molecule has 3 fully saturated rings. The summed E-state index contributed by atoms with van der Waals surface area (Å²) in [4.78, 5) is 11.9. The average molecular weight is 332 g/mol. The summed E-state index contributed by atoms with van der Waals surface area (Å²) in [6.45, 7) is 6.51. The molecule has 4 aliphatic rings. The molecule has 0 heterocycles. The van der Waals surface area contributed by atoms with Gasteiger partial charge in [0.05, 0.1) is 11.7 Å². The van der Waals surface area contributed by atoms with Crippen molar-refractivity contribution < 1.29 is 15.0 Å². The Morgan fingerprint density at radius 1 is 1.08 bits per heavy atom. The van der Waals surface area contributed by atoms with Crippen LogP contribution in [0.1, 0.15) is 72.1 Å². The molecule has 24 heavy (non-hydrogen) atoms. The van der Waals surface area contributed by atoms with Gasteiger partial charge in [-0.1, -0.05) is 19.4 Å². The second-order valence-electron chi connectivity index (χ2n) is 9.57. The number of carbonyl (C=O) groups is 1. The van der Waals surface area contributed by atoms with Crippen LogP contribution >= 0.6 is 0 Å². The van der Waals surface area contributed by atoms with E-state index < -0.39 is 5.60 Å². The van der Waals surface area contributed by atoms with E-state index in [0.29, 0.717) is 24.2 Å². The Morgan fingerprint density at radius 3 is 2.54 bits per heavy atom. The number of rotatable bonds is 1. The molecule has 0 bridgehead atoms. The number of ketones is 1. The highest BCUT2D eigenvalue weighted by Crippen LogP contribution is 2.68. The molecule has 4 rings (SSSR count). The van der Waals surface area contributed by atoms with Crippen LogP contribution in [-0.2, 0) is 4.79 Å². The molecular weight excluding hydrogens is 300 g/mol. The van der Waals surface area contributed by atoms with Crippen LogP contribution in [0.2, 0.25) is 0 Å². The summed E-state index contributed by atoms with van der Waals surface area (Å²) in [5.41, 5.74) is 0.461. The van der Waals surface area contributed by atoms with Crippen molar-refractivity contribution in [3.63, 3.8) is 0 Å². The molecule has 3 nitrogen and oxygen atoms in total. The molecule has 2 N–H and O–H groups in total. The van der Waals surface area contributed by atoms with Gasteiger partial charge in [-0.3, -0.25) is 4.79 Å². The Kier molecular flexibility index (Phi) is 3.61. The van der Waals surface area contributed by atoms with Gasteiger partial charge in [0.25, 0.3) is 0 Å². The molecule has 0 aliphatic heterocycles. The van der Waals surface area contributed by atoms with Crippen molar-refractivity contribution in [1.82, 2.24) is 0 Å². The lowest BCUT2D eigenvalue weighted by Crippen LogP contribution is -2.63. The van der Waals surface area contributed by atoms with Crippen LogP contribution in [0.4, 0.5) is 0 Å². The summed E-state index contributed by atoms with van der Waals surface area (Å²) < 4.78 is 0. The summed E-state index contributed by atoms with van der Waals surface area (Å²) in [6.07, 6.45) is 8.95. The van der Waals surface area contributed by atoms with Crippen molar-refractivity contribution in [3.8, 4) is 0 Å². The molecule has 0 aromatic carbocycles. The number of aliphatic hydroxyl groups excluding tert-OH is 1. The van der Waals surface area contributed by atoms with Gasteiger partial charge in [0.1, 0.15) is 0 Å². The smallest absolute Gasteiger partial charge is 0.155 e. The molecule has 0 aromatic rings. The van der Waals surface area contributed by atoms with E-state index in [1.807, 2.05) is 13.0 Å². The molecule has 0 saturated heterocycles. The van der Waals surface area contributed by atoms with Crippen molar-refractivity contribution >= 4 is 5.78 Å². The van der Waals surface area contributed by atoms with E-state index in [1.165, 1.54) is 5.57 Å². The highest BCUT2D eigenvalue weighted by molar-refractivity contribution is 5.91. The number of fused-ring (bicyclic) bond motifs is 5. The largest absolute Gasteiger partial charge is 0.393 e. The molecule has 4 aliphatic carbocycles. The molecule has 0 amide bonds. The maximum atomic E-state index is 11.9. The third kappa shape index (κ3) is 1.94. The standard InChI is InChI=1S/C21H32O3/c1-13(22)16-6-7-17-18-5-4-14-12-15(23)8-9-20(14,3)21(18,24)11-10-19(16,17)2/h12-13,16-18,22,24H,4-11H2,1-3H3/t13-,16-,17+,18+,19-,20+,21-/m1/s1. The van der Waals surface area contributed by atoms with E-state index in [9.17, 15) is 15.0 Å². The minimum atomic E-state index is -0.671.